The van der Waals surface area contributed by atoms with Gasteiger partial charge in [0.05, 0.1) is 0 Å². The lowest BCUT2D eigenvalue weighted by Gasteiger charge is -2.11. The van der Waals surface area contributed by atoms with Gasteiger partial charge in [0.25, 0.3) is 0 Å². The molecule has 0 bridgehead atoms. The summed E-state index contributed by atoms with van der Waals surface area (Å²) in [6.07, 6.45) is 0. The summed E-state index contributed by atoms with van der Waals surface area (Å²) in [5.41, 5.74) is 4.95. The predicted molar refractivity (Wildman–Crippen MR) is 126 cm³/mol. The zero-order chi connectivity index (χ0) is 17.6. The summed E-state index contributed by atoms with van der Waals surface area (Å²) in [5, 5.41) is 0. The van der Waals surface area contributed by atoms with Crippen molar-refractivity contribution in [2.45, 2.75) is 9.79 Å². The van der Waals surface area contributed by atoms with E-state index in [1.165, 1.54) is 0 Å². The molecule has 0 spiro atoms. The molecule has 0 unspecified atom stereocenters. The van der Waals surface area contributed by atoms with Crippen LogP contribution in [0.3, 0.4) is 0 Å². The van der Waals surface area contributed by atoms with Crippen molar-refractivity contribution in [3.8, 4) is 0 Å². The molecule has 0 aliphatic rings. The van der Waals surface area contributed by atoms with Gasteiger partial charge in [-0.1, -0.05) is 43.6 Å². The van der Waals surface area contributed by atoms with Crippen molar-refractivity contribution in [2.75, 3.05) is 12.3 Å². The van der Waals surface area contributed by atoms with Crippen molar-refractivity contribution < 1.29 is 0 Å². The second-order valence-electron chi connectivity index (χ2n) is 4.01. The Bertz CT molecular complexity index is 577. The number of halogens is 6. The third kappa shape index (κ3) is 7.62. The van der Waals surface area contributed by atoms with Crippen LogP contribution >= 0.6 is 120 Å². The van der Waals surface area contributed by atoms with E-state index in [0.29, 0.717) is 6.54 Å². The van der Waals surface area contributed by atoms with Crippen molar-refractivity contribution in [3.63, 3.8) is 0 Å². The van der Waals surface area contributed by atoms with Crippen molar-refractivity contribution in [2.24, 2.45) is 5.73 Å². The van der Waals surface area contributed by atoms with Crippen molar-refractivity contribution in [1.29, 1.82) is 0 Å². The largest absolute Gasteiger partial charge is 0.330 e. The molecule has 2 aromatic rings. The van der Waals surface area contributed by atoms with Gasteiger partial charge in [0.1, 0.15) is 0 Å². The lowest BCUT2D eigenvalue weighted by molar-refractivity contribution is 1.16. The van der Waals surface area contributed by atoms with Gasteiger partial charge in [-0.2, -0.15) is 12.6 Å². The Balaban J connectivity index is 0.000000593. The average molecular weight is 737 g/mol. The van der Waals surface area contributed by atoms with Crippen LogP contribution in [0.25, 0.3) is 0 Å². The van der Waals surface area contributed by atoms with Crippen LogP contribution in [0.15, 0.2) is 60.9 Å². The van der Waals surface area contributed by atoms with E-state index in [-0.39, 0.29) is 0 Å². The highest BCUT2D eigenvalue weighted by atomic mass is 79.9. The van der Waals surface area contributed by atoms with Gasteiger partial charge in [-0.15, -0.1) is 0 Å². The Kier molecular flexibility index (Phi) is 11.7. The van der Waals surface area contributed by atoms with E-state index in [2.05, 4.69) is 108 Å². The standard InChI is InChI=1S/C12H4Br6S.C2H7NS/c13-5-1-7(15)11(8(16)2-5)19-12-9(17)3-6(14)4-10(12)18;3-1-2-4/h1-4H;4H,1-3H2. The van der Waals surface area contributed by atoms with E-state index in [4.69, 9.17) is 5.73 Å². The zero-order valence-electron chi connectivity index (χ0n) is 11.4. The summed E-state index contributed by atoms with van der Waals surface area (Å²) in [7, 11) is 0. The quantitative estimate of drug-likeness (QED) is 0.311. The Labute approximate surface area is 196 Å². The fourth-order valence-corrected chi connectivity index (χ4v) is 7.67. The van der Waals surface area contributed by atoms with Gasteiger partial charge in [0, 0.05) is 48.9 Å². The van der Waals surface area contributed by atoms with Gasteiger partial charge in [-0.25, -0.2) is 0 Å². The van der Waals surface area contributed by atoms with Crippen LogP contribution in [0, 0.1) is 0 Å². The molecule has 0 aliphatic heterocycles. The number of hydrogen-bond donors (Lipinski definition) is 2. The molecule has 9 heteroatoms. The minimum atomic E-state index is 0.684. The molecule has 0 aliphatic carbocycles. The maximum atomic E-state index is 4.95. The number of thiol groups is 1. The minimum Gasteiger partial charge on any atom is -0.330 e. The fourth-order valence-electron chi connectivity index (χ4n) is 1.35. The molecule has 0 heterocycles. The summed E-state index contributed by atoms with van der Waals surface area (Å²) < 4.78 is 6.23. The van der Waals surface area contributed by atoms with Crippen LogP contribution < -0.4 is 5.73 Å². The summed E-state index contributed by atoms with van der Waals surface area (Å²) >= 11 is 26.8. The summed E-state index contributed by atoms with van der Waals surface area (Å²) in [4.78, 5) is 2.26. The molecular formula is C14H11Br6NS2. The molecule has 0 saturated heterocycles. The Morgan fingerprint density at radius 2 is 1.00 bits per heavy atom. The first-order chi connectivity index (χ1) is 10.8. The SMILES string of the molecule is Brc1cc(Br)c(Sc2c(Br)cc(Br)cc2Br)c(Br)c1.NCCS. The van der Waals surface area contributed by atoms with E-state index >= 15 is 0 Å². The lowest BCUT2D eigenvalue weighted by Crippen LogP contribution is -1.97. The predicted octanol–water partition coefficient (Wildman–Crippen LogP) is 8.29. The normalized spacial score (nSPS) is 10.3. The second-order valence-corrected chi connectivity index (χ2v) is 10.7. The van der Waals surface area contributed by atoms with Gasteiger partial charge in [-0.05, 0) is 88.0 Å². The first-order valence-corrected chi connectivity index (χ1v) is 12.3. The molecule has 0 saturated carbocycles. The summed E-state index contributed by atoms with van der Waals surface area (Å²) in [6, 6.07) is 8.14. The van der Waals surface area contributed by atoms with Crippen LogP contribution in [0.4, 0.5) is 0 Å². The van der Waals surface area contributed by atoms with Gasteiger partial charge in [0.2, 0.25) is 0 Å². The lowest BCUT2D eigenvalue weighted by atomic mass is 10.4. The number of benzene rings is 2. The zero-order valence-corrected chi connectivity index (χ0v) is 22.7. The highest BCUT2D eigenvalue weighted by molar-refractivity contribution is 9.12. The molecule has 1 nitrogen and oxygen atoms in total. The van der Waals surface area contributed by atoms with E-state index in [0.717, 1.165) is 42.4 Å². The van der Waals surface area contributed by atoms with Gasteiger partial charge in [0.15, 0.2) is 0 Å². The Morgan fingerprint density at radius 1 is 0.739 bits per heavy atom. The van der Waals surface area contributed by atoms with E-state index < -0.39 is 0 Å². The van der Waals surface area contributed by atoms with Crippen LogP contribution in [0.2, 0.25) is 0 Å². The minimum absolute atomic E-state index is 0.684. The van der Waals surface area contributed by atoms with E-state index in [1.54, 1.807) is 11.8 Å². The maximum Gasteiger partial charge on any atom is 0.0408 e. The number of nitrogens with two attached hydrogens (primary N) is 1. The van der Waals surface area contributed by atoms with Crippen LogP contribution in [0.1, 0.15) is 0 Å². The Morgan fingerprint density at radius 3 is 1.22 bits per heavy atom. The highest BCUT2D eigenvalue weighted by Crippen LogP contribution is 2.46. The smallest absolute Gasteiger partial charge is 0.0408 e. The first kappa shape index (κ1) is 23.0. The molecule has 2 rings (SSSR count). The highest BCUT2D eigenvalue weighted by Gasteiger charge is 2.14. The molecule has 126 valence electrons. The van der Waals surface area contributed by atoms with Gasteiger partial charge < -0.3 is 5.73 Å². The van der Waals surface area contributed by atoms with Crippen LogP contribution in [0.5, 0.6) is 0 Å². The average Bonchev–Trinajstić information content (AvgIpc) is 2.45. The molecule has 0 amide bonds. The molecule has 0 fully saturated rings. The van der Waals surface area contributed by atoms with Crippen LogP contribution in [-0.2, 0) is 0 Å². The third-order valence-electron chi connectivity index (χ3n) is 2.26. The topological polar surface area (TPSA) is 26.0 Å². The maximum absolute atomic E-state index is 4.95. The van der Waals surface area contributed by atoms with Crippen molar-refractivity contribution >= 4 is 120 Å². The summed E-state index contributed by atoms with van der Waals surface area (Å²) in [5.74, 6) is 0.792. The molecule has 2 aromatic carbocycles. The second kappa shape index (κ2) is 11.6. The van der Waals surface area contributed by atoms with Crippen LogP contribution in [-0.4, -0.2) is 12.3 Å². The molecular weight excluding hydrogens is 726 g/mol. The Hall–Kier alpha value is 1.98. The van der Waals surface area contributed by atoms with Crippen molar-refractivity contribution in [1.82, 2.24) is 0 Å². The van der Waals surface area contributed by atoms with E-state index in [1.807, 2.05) is 24.3 Å². The molecule has 0 atom stereocenters. The molecule has 0 aromatic heterocycles. The summed E-state index contributed by atoms with van der Waals surface area (Å²) in [6.45, 7) is 0.684. The first-order valence-electron chi connectivity index (χ1n) is 6.08. The fraction of sp³-hybridized carbons (Fsp3) is 0.143. The monoisotopic (exact) mass is 731 g/mol. The third-order valence-corrected chi connectivity index (χ3v) is 8.27. The van der Waals surface area contributed by atoms with E-state index in [9.17, 15) is 0 Å². The van der Waals surface area contributed by atoms with Gasteiger partial charge >= 0.3 is 0 Å². The number of rotatable bonds is 3. The number of hydrogen-bond acceptors (Lipinski definition) is 3. The van der Waals surface area contributed by atoms with Crippen molar-refractivity contribution in [3.05, 3.63) is 51.1 Å². The molecule has 23 heavy (non-hydrogen) atoms. The molecule has 2 N–H and O–H groups in total. The molecule has 0 radical (unpaired) electrons. The van der Waals surface area contributed by atoms with Gasteiger partial charge in [-0.3, -0.25) is 0 Å².